The molecule has 1 aromatic carbocycles. The first-order valence-electron chi connectivity index (χ1n) is 7.43. The van der Waals surface area contributed by atoms with Crippen molar-refractivity contribution in [1.82, 2.24) is 4.90 Å². The minimum absolute atomic E-state index is 0.0657. The minimum Gasteiger partial charge on any atom is -0.396 e. The molecule has 3 N–H and O–H groups in total. The monoisotopic (exact) mass is 286 g/mol. The fourth-order valence-electron chi connectivity index (χ4n) is 2.70. The second-order valence-electron chi connectivity index (χ2n) is 5.35. The van der Waals surface area contributed by atoms with Gasteiger partial charge in [0.25, 0.3) is 5.91 Å². The largest absolute Gasteiger partial charge is 0.396 e. The third kappa shape index (κ3) is 4.32. The fourth-order valence-corrected chi connectivity index (χ4v) is 2.70. The Labute approximate surface area is 125 Å². The molecule has 0 aromatic heterocycles. The average Bonchev–Trinajstić information content (AvgIpc) is 2.53. The zero-order valence-electron chi connectivity index (χ0n) is 12.2. The summed E-state index contributed by atoms with van der Waals surface area (Å²) in [5, 5.41) is 9.04. The summed E-state index contributed by atoms with van der Waals surface area (Å²) in [5.41, 5.74) is 6.90. The van der Waals surface area contributed by atoms with Crippen LogP contribution in [0.4, 0.5) is 0 Å². The Bertz CT molecular complexity index is 526. The number of nitrogens with two attached hydrogens (primary N) is 1. The molecule has 0 spiro atoms. The third-order valence-electron chi connectivity index (χ3n) is 3.81. The number of aliphatic hydroxyl groups excluding tert-OH is 1. The molecule has 4 nitrogen and oxygen atoms in total. The predicted molar refractivity (Wildman–Crippen MR) is 82.7 cm³/mol. The lowest BCUT2D eigenvalue weighted by Crippen LogP contribution is -2.40. The molecular formula is C17H22N2O2. The van der Waals surface area contributed by atoms with Gasteiger partial charge in [-0.1, -0.05) is 11.8 Å². The Morgan fingerprint density at radius 3 is 2.81 bits per heavy atom. The van der Waals surface area contributed by atoms with Gasteiger partial charge in [-0.15, -0.1) is 0 Å². The molecule has 21 heavy (non-hydrogen) atoms. The molecule has 0 saturated carbocycles. The number of nitrogens with zero attached hydrogens (tertiary/aromatic N) is 1. The van der Waals surface area contributed by atoms with Gasteiger partial charge in [0.05, 0.1) is 6.54 Å². The molecule has 2 rings (SSSR count). The summed E-state index contributed by atoms with van der Waals surface area (Å²) in [6.07, 6.45) is 2.88. The Morgan fingerprint density at radius 2 is 2.14 bits per heavy atom. The van der Waals surface area contributed by atoms with Crippen LogP contribution in [0, 0.1) is 17.8 Å². The number of aliphatic hydroxyl groups is 1. The smallest absolute Gasteiger partial charge is 0.253 e. The Balaban J connectivity index is 2.02. The quantitative estimate of drug-likeness (QED) is 0.821. The van der Waals surface area contributed by atoms with Crippen LogP contribution in [0.25, 0.3) is 0 Å². The second-order valence-corrected chi connectivity index (χ2v) is 5.35. The van der Waals surface area contributed by atoms with Crippen molar-refractivity contribution in [3.05, 3.63) is 35.4 Å². The first-order chi connectivity index (χ1) is 10.2. The van der Waals surface area contributed by atoms with Gasteiger partial charge in [0.2, 0.25) is 0 Å². The molecule has 1 unspecified atom stereocenters. The lowest BCUT2D eigenvalue weighted by molar-refractivity contribution is 0.0653. The number of likely N-dealkylation sites (tertiary alicyclic amines) is 1. The Kier molecular flexibility index (Phi) is 5.79. The van der Waals surface area contributed by atoms with Gasteiger partial charge in [0, 0.05) is 30.8 Å². The van der Waals surface area contributed by atoms with Gasteiger partial charge in [-0.25, -0.2) is 0 Å². The van der Waals surface area contributed by atoms with E-state index in [0.717, 1.165) is 37.9 Å². The predicted octanol–water partition coefficient (Wildman–Crippen LogP) is 1.23. The van der Waals surface area contributed by atoms with Crippen LogP contribution in [0.5, 0.6) is 0 Å². The van der Waals surface area contributed by atoms with Crippen LogP contribution >= 0.6 is 0 Å². The van der Waals surface area contributed by atoms with E-state index in [1.165, 1.54) is 0 Å². The van der Waals surface area contributed by atoms with Crippen LogP contribution in [0.2, 0.25) is 0 Å². The van der Waals surface area contributed by atoms with Crippen LogP contribution in [0.1, 0.15) is 35.2 Å². The number of carbonyl (C=O) groups is 1. The fraction of sp³-hybridized carbons (Fsp3) is 0.471. The summed E-state index contributed by atoms with van der Waals surface area (Å²) in [4.78, 5) is 14.4. The van der Waals surface area contributed by atoms with Gasteiger partial charge in [-0.05, 0) is 49.4 Å². The van der Waals surface area contributed by atoms with E-state index in [1.54, 1.807) is 0 Å². The Morgan fingerprint density at radius 1 is 1.38 bits per heavy atom. The van der Waals surface area contributed by atoms with E-state index in [-0.39, 0.29) is 12.5 Å². The molecule has 1 heterocycles. The summed E-state index contributed by atoms with van der Waals surface area (Å²) in [6.45, 7) is 2.07. The number of hydrogen-bond donors (Lipinski definition) is 2. The third-order valence-corrected chi connectivity index (χ3v) is 3.81. The van der Waals surface area contributed by atoms with Crippen molar-refractivity contribution >= 4 is 5.91 Å². The summed E-state index contributed by atoms with van der Waals surface area (Å²) in [6, 6.07) is 7.34. The molecule has 1 aliphatic rings. The Hall–Kier alpha value is -1.83. The van der Waals surface area contributed by atoms with Crippen LogP contribution in [-0.2, 0) is 0 Å². The van der Waals surface area contributed by atoms with E-state index in [1.807, 2.05) is 29.2 Å². The molecule has 0 radical (unpaired) electrons. The van der Waals surface area contributed by atoms with Crippen LogP contribution < -0.4 is 5.73 Å². The standard InChI is InChI=1S/C17H22N2O2/c18-10-1-3-14-5-7-16(8-6-14)17(21)19-11-2-4-15(13-19)9-12-20/h5-8,15,20H,2,4,9-13,18H2. The molecule has 112 valence electrons. The van der Waals surface area contributed by atoms with Crippen LogP contribution in [0.3, 0.4) is 0 Å². The van der Waals surface area contributed by atoms with E-state index in [4.69, 9.17) is 10.8 Å². The van der Waals surface area contributed by atoms with Crippen LogP contribution in [-0.4, -0.2) is 42.2 Å². The zero-order valence-corrected chi connectivity index (χ0v) is 12.2. The second kappa shape index (κ2) is 7.82. The molecule has 0 aliphatic carbocycles. The van der Waals surface area contributed by atoms with E-state index < -0.39 is 0 Å². The molecular weight excluding hydrogens is 264 g/mol. The number of rotatable bonds is 3. The van der Waals surface area contributed by atoms with Crippen molar-refractivity contribution in [2.24, 2.45) is 11.7 Å². The normalized spacial score (nSPS) is 18.0. The van der Waals surface area contributed by atoms with Crippen molar-refractivity contribution in [2.45, 2.75) is 19.3 Å². The first-order valence-corrected chi connectivity index (χ1v) is 7.43. The zero-order chi connectivity index (χ0) is 15.1. The highest BCUT2D eigenvalue weighted by Crippen LogP contribution is 2.21. The van der Waals surface area contributed by atoms with E-state index in [2.05, 4.69) is 11.8 Å². The molecule has 4 heteroatoms. The van der Waals surface area contributed by atoms with Gasteiger partial charge in [0.1, 0.15) is 0 Å². The molecule has 1 atom stereocenters. The number of carbonyl (C=O) groups excluding carboxylic acids is 1. The summed E-state index contributed by atoms with van der Waals surface area (Å²) >= 11 is 0. The van der Waals surface area contributed by atoms with Gasteiger partial charge >= 0.3 is 0 Å². The highest BCUT2D eigenvalue weighted by atomic mass is 16.3. The van der Waals surface area contributed by atoms with Crippen molar-refractivity contribution < 1.29 is 9.90 Å². The number of piperidine rings is 1. The summed E-state index contributed by atoms with van der Waals surface area (Å²) < 4.78 is 0. The van der Waals surface area contributed by atoms with E-state index >= 15 is 0 Å². The lowest BCUT2D eigenvalue weighted by atomic mass is 9.94. The van der Waals surface area contributed by atoms with Crippen LogP contribution in [0.15, 0.2) is 24.3 Å². The molecule has 1 saturated heterocycles. The first kappa shape index (κ1) is 15.6. The van der Waals surface area contributed by atoms with E-state index in [0.29, 0.717) is 18.0 Å². The lowest BCUT2D eigenvalue weighted by Gasteiger charge is -2.32. The van der Waals surface area contributed by atoms with Gasteiger partial charge in [-0.3, -0.25) is 4.79 Å². The minimum atomic E-state index is 0.0657. The summed E-state index contributed by atoms with van der Waals surface area (Å²) in [5.74, 6) is 6.23. The van der Waals surface area contributed by atoms with Crippen molar-refractivity contribution in [2.75, 3.05) is 26.2 Å². The maximum absolute atomic E-state index is 12.5. The maximum atomic E-state index is 12.5. The number of hydrogen-bond acceptors (Lipinski definition) is 3. The SMILES string of the molecule is NCC#Cc1ccc(C(=O)N2CCCC(CCO)C2)cc1. The molecule has 1 aliphatic heterocycles. The number of amides is 1. The highest BCUT2D eigenvalue weighted by Gasteiger charge is 2.23. The molecule has 0 bridgehead atoms. The van der Waals surface area contributed by atoms with Gasteiger partial charge < -0.3 is 15.7 Å². The highest BCUT2D eigenvalue weighted by molar-refractivity contribution is 5.94. The molecule has 1 aromatic rings. The summed E-state index contributed by atoms with van der Waals surface area (Å²) in [7, 11) is 0. The van der Waals surface area contributed by atoms with Gasteiger partial charge in [0.15, 0.2) is 0 Å². The van der Waals surface area contributed by atoms with E-state index in [9.17, 15) is 4.79 Å². The van der Waals surface area contributed by atoms with Gasteiger partial charge in [-0.2, -0.15) is 0 Å². The maximum Gasteiger partial charge on any atom is 0.253 e. The van der Waals surface area contributed by atoms with Crippen molar-refractivity contribution in [3.63, 3.8) is 0 Å². The molecule has 1 amide bonds. The topological polar surface area (TPSA) is 66.6 Å². The van der Waals surface area contributed by atoms with Crippen molar-refractivity contribution in [1.29, 1.82) is 0 Å². The average molecular weight is 286 g/mol. The number of benzene rings is 1. The molecule has 1 fully saturated rings. The van der Waals surface area contributed by atoms with Crippen molar-refractivity contribution in [3.8, 4) is 11.8 Å².